The van der Waals surface area contributed by atoms with E-state index >= 15 is 0 Å². The van der Waals surface area contributed by atoms with Gasteiger partial charge >= 0.3 is 0 Å². The van der Waals surface area contributed by atoms with Gasteiger partial charge in [0.15, 0.2) is 0 Å². The van der Waals surface area contributed by atoms with Gasteiger partial charge in [-0.15, -0.1) is 0 Å². The first-order valence-electron chi connectivity index (χ1n) is 6.56. The second kappa shape index (κ2) is 4.34. The van der Waals surface area contributed by atoms with Crippen LogP contribution in [0.25, 0.3) is 0 Å². The van der Waals surface area contributed by atoms with Crippen molar-refractivity contribution in [2.75, 3.05) is 39.3 Å². The van der Waals surface area contributed by atoms with Gasteiger partial charge in [-0.05, 0) is 31.7 Å². The van der Waals surface area contributed by atoms with Gasteiger partial charge in [-0.3, -0.25) is 9.69 Å². The van der Waals surface area contributed by atoms with Crippen LogP contribution in [0, 0.1) is 5.92 Å². The van der Waals surface area contributed by atoms with E-state index in [2.05, 4.69) is 10.2 Å². The minimum absolute atomic E-state index is 0.338. The first-order valence-corrected chi connectivity index (χ1v) is 6.56. The monoisotopic (exact) mass is 223 g/mol. The van der Waals surface area contributed by atoms with E-state index in [9.17, 15) is 4.79 Å². The molecule has 90 valence electrons. The number of amides is 1. The zero-order valence-electron chi connectivity index (χ0n) is 9.82. The standard InChI is InChI=1S/C12H21N3O/c16-12(15-5-2-6-15)9-14-7-10-3-1-4-13-11(10)8-14/h10-11,13H,1-9H2. The van der Waals surface area contributed by atoms with Crippen LogP contribution in [0.2, 0.25) is 0 Å². The van der Waals surface area contributed by atoms with Gasteiger partial charge in [-0.2, -0.15) is 0 Å². The smallest absolute Gasteiger partial charge is 0.236 e. The molecule has 0 saturated carbocycles. The van der Waals surface area contributed by atoms with Crippen LogP contribution in [0.4, 0.5) is 0 Å². The second-order valence-corrected chi connectivity index (χ2v) is 5.39. The van der Waals surface area contributed by atoms with Crippen molar-refractivity contribution in [2.24, 2.45) is 5.92 Å². The highest BCUT2D eigenvalue weighted by molar-refractivity contribution is 5.79. The molecule has 0 spiro atoms. The Balaban J connectivity index is 1.50. The van der Waals surface area contributed by atoms with Crippen molar-refractivity contribution in [1.82, 2.24) is 15.1 Å². The lowest BCUT2D eigenvalue weighted by molar-refractivity contribution is -0.135. The molecule has 3 aliphatic rings. The maximum absolute atomic E-state index is 11.9. The number of piperidine rings is 1. The zero-order chi connectivity index (χ0) is 11.0. The Hall–Kier alpha value is -0.610. The fraction of sp³-hybridized carbons (Fsp3) is 0.917. The lowest BCUT2D eigenvalue weighted by Gasteiger charge is -2.32. The number of nitrogens with one attached hydrogen (secondary N) is 1. The number of hydrogen-bond acceptors (Lipinski definition) is 3. The summed E-state index contributed by atoms with van der Waals surface area (Å²) in [6.07, 6.45) is 3.83. The molecule has 0 bridgehead atoms. The number of nitrogens with zero attached hydrogens (tertiary/aromatic N) is 2. The van der Waals surface area contributed by atoms with E-state index in [0.717, 1.165) is 38.6 Å². The van der Waals surface area contributed by atoms with Gasteiger partial charge in [0, 0.05) is 32.2 Å². The van der Waals surface area contributed by atoms with Crippen LogP contribution in [0.3, 0.4) is 0 Å². The molecule has 4 nitrogen and oxygen atoms in total. The molecule has 1 amide bonds. The Bertz CT molecular complexity index is 263. The highest BCUT2D eigenvalue weighted by Gasteiger charge is 2.35. The molecule has 3 heterocycles. The fourth-order valence-corrected chi connectivity index (χ4v) is 3.12. The van der Waals surface area contributed by atoms with E-state index < -0.39 is 0 Å². The summed E-state index contributed by atoms with van der Waals surface area (Å²) in [7, 11) is 0. The number of carbonyl (C=O) groups excluding carboxylic acids is 1. The predicted molar refractivity (Wildman–Crippen MR) is 62.2 cm³/mol. The highest BCUT2D eigenvalue weighted by atomic mass is 16.2. The van der Waals surface area contributed by atoms with E-state index in [1.807, 2.05) is 4.90 Å². The quantitative estimate of drug-likeness (QED) is 0.710. The van der Waals surface area contributed by atoms with Crippen molar-refractivity contribution in [3.05, 3.63) is 0 Å². The third-order valence-electron chi connectivity index (χ3n) is 4.24. The summed E-state index contributed by atoms with van der Waals surface area (Å²) in [5.74, 6) is 1.13. The lowest BCUT2D eigenvalue weighted by atomic mass is 9.94. The van der Waals surface area contributed by atoms with Crippen molar-refractivity contribution in [3.8, 4) is 0 Å². The molecular formula is C12H21N3O. The van der Waals surface area contributed by atoms with E-state index in [1.165, 1.54) is 19.3 Å². The topological polar surface area (TPSA) is 35.6 Å². The maximum Gasteiger partial charge on any atom is 0.236 e. The highest BCUT2D eigenvalue weighted by Crippen LogP contribution is 2.24. The summed E-state index contributed by atoms with van der Waals surface area (Å²) in [5.41, 5.74) is 0. The number of fused-ring (bicyclic) bond motifs is 1. The van der Waals surface area contributed by atoms with Crippen LogP contribution < -0.4 is 5.32 Å². The first kappa shape index (κ1) is 10.5. The summed E-state index contributed by atoms with van der Waals surface area (Å²) in [4.78, 5) is 16.2. The third kappa shape index (κ3) is 1.96. The lowest BCUT2D eigenvalue weighted by Crippen LogP contribution is -2.47. The SMILES string of the molecule is O=C(CN1CC2CCCNC2C1)N1CCC1. The van der Waals surface area contributed by atoms with Gasteiger partial charge in [0.05, 0.1) is 6.54 Å². The molecule has 0 aromatic heterocycles. The maximum atomic E-state index is 11.9. The number of rotatable bonds is 2. The molecule has 4 heteroatoms. The fourth-order valence-electron chi connectivity index (χ4n) is 3.12. The molecular weight excluding hydrogens is 202 g/mol. The van der Waals surface area contributed by atoms with E-state index in [1.54, 1.807) is 0 Å². The molecule has 0 aromatic rings. The minimum atomic E-state index is 0.338. The summed E-state index contributed by atoms with van der Waals surface area (Å²) < 4.78 is 0. The summed E-state index contributed by atoms with van der Waals surface area (Å²) in [6, 6.07) is 0.651. The van der Waals surface area contributed by atoms with Gasteiger partial charge in [0.25, 0.3) is 0 Å². The molecule has 0 aromatic carbocycles. The van der Waals surface area contributed by atoms with Crippen LogP contribution in [0.1, 0.15) is 19.3 Å². The molecule has 2 atom stereocenters. The van der Waals surface area contributed by atoms with Crippen molar-refractivity contribution >= 4 is 5.91 Å². The summed E-state index contributed by atoms with van der Waals surface area (Å²) in [6.45, 7) is 5.97. The average Bonchev–Trinajstić information content (AvgIpc) is 2.56. The molecule has 1 N–H and O–H groups in total. The molecule has 3 saturated heterocycles. The van der Waals surface area contributed by atoms with Crippen molar-refractivity contribution in [2.45, 2.75) is 25.3 Å². The Morgan fingerprint density at radius 1 is 1.25 bits per heavy atom. The van der Waals surface area contributed by atoms with E-state index in [4.69, 9.17) is 0 Å². The molecule has 3 fully saturated rings. The summed E-state index contributed by atoms with van der Waals surface area (Å²) in [5, 5.41) is 3.57. The van der Waals surface area contributed by atoms with Crippen molar-refractivity contribution in [3.63, 3.8) is 0 Å². The minimum Gasteiger partial charge on any atom is -0.341 e. The van der Waals surface area contributed by atoms with Gasteiger partial charge in [-0.25, -0.2) is 0 Å². The average molecular weight is 223 g/mol. The molecule has 16 heavy (non-hydrogen) atoms. The van der Waals surface area contributed by atoms with Crippen molar-refractivity contribution in [1.29, 1.82) is 0 Å². The molecule has 3 rings (SSSR count). The molecule has 3 aliphatic heterocycles. The van der Waals surface area contributed by atoms with Crippen LogP contribution >= 0.6 is 0 Å². The Morgan fingerprint density at radius 2 is 2.12 bits per heavy atom. The summed E-state index contributed by atoms with van der Waals surface area (Å²) >= 11 is 0. The van der Waals surface area contributed by atoms with E-state index in [0.29, 0.717) is 18.5 Å². The molecule has 2 unspecified atom stereocenters. The number of likely N-dealkylation sites (tertiary alicyclic amines) is 2. The third-order valence-corrected chi connectivity index (χ3v) is 4.24. The van der Waals surface area contributed by atoms with Crippen LogP contribution in [-0.2, 0) is 4.79 Å². The normalized spacial score (nSPS) is 34.6. The van der Waals surface area contributed by atoms with Crippen LogP contribution in [-0.4, -0.2) is 61.0 Å². The Morgan fingerprint density at radius 3 is 2.81 bits per heavy atom. The number of hydrogen-bond donors (Lipinski definition) is 1. The zero-order valence-corrected chi connectivity index (χ0v) is 9.82. The Kier molecular flexibility index (Phi) is 2.86. The van der Waals surface area contributed by atoms with Crippen LogP contribution in [0.5, 0.6) is 0 Å². The van der Waals surface area contributed by atoms with E-state index in [-0.39, 0.29) is 0 Å². The van der Waals surface area contributed by atoms with Gasteiger partial charge < -0.3 is 10.2 Å². The molecule has 0 aliphatic carbocycles. The second-order valence-electron chi connectivity index (χ2n) is 5.39. The van der Waals surface area contributed by atoms with Crippen molar-refractivity contribution < 1.29 is 4.79 Å². The van der Waals surface area contributed by atoms with Crippen LogP contribution in [0.15, 0.2) is 0 Å². The van der Waals surface area contributed by atoms with Gasteiger partial charge in [-0.1, -0.05) is 0 Å². The largest absolute Gasteiger partial charge is 0.341 e. The van der Waals surface area contributed by atoms with Gasteiger partial charge in [0.1, 0.15) is 0 Å². The molecule has 0 radical (unpaired) electrons. The first-order chi connectivity index (χ1) is 7.83. The number of carbonyl (C=O) groups is 1. The Labute approximate surface area is 97.0 Å². The predicted octanol–water partition coefficient (Wildman–Crippen LogP) is -0.0975. The van der Waals surface area contributed by atoms with Gasteiger partial charge in [0.2, 0.25) is 5.91 Å².